The summed E-state index contributed by atoms with van der Waals surface area (Å²) < 4.78 is 7.71. The largest absolute Gasteiger partial charge is 0.376 e. The number of para-hydroxylation sites is 1. The van der Waals surface area contributed by atoms with E-state index in [1.807, 2.05) is 47.1 Å². The molecule has 0 fully saturated rings. The first-order valence-corrected chi connectivity index (χ1v) is 9.40. The van der Waals surface area contributed by atoms with Crippen LogP contribution in [0.2, 0.25) is 5.02 Å². The van der Waals surface area contributed by atoms with Crippen LogP contribution in [0.4, 0.5) is 0 Å². The molecule has 0 amide bonds. The number of hydrogen-bond acceptors (Lipinski definition) is 3. The summed E-state index contributed by atoms with van der Waals surface area (Å²) in [5.41, 5.74) is 7.36. The molecule has 0 bridgehead atoms. The van der Waals surface area contributed by atoms with Crippen molar-refractivity contribution in [2.45, 2.75) is 20.0 Å². The smallest absolute Gasteiger partial charge is 0.164 e. The average molecular weight is 376 g/mol. The number of fused-ring (bicyclic) bond motifs is 3. The summed E-state index contributed by atoms with van der Waals surface area (Å²) in [6.45, 7) is 3.36. The maximum atomic E-state index is 6.09. The summed E-state index contributed by atoms with van der Waals surface area (Å²) in [7, 11) is 0. The van der Waals surface area contributed by atoms with Gasteiger partial charge >= 0.3 is 0 Å². The maximum absolute atomic E-state index is 6.09. The van der Waals surface area contributed by atoms with Crippen molar-refractivity contribution in [3.63, 3.8) is 0 Å². The molecule has 1 aliphatic rings. The molecule has 4 nitrogen and oxygen atoms in total. The third-order valence-corrected chi connectivity index (χ3v) is 5.32. The van der Waals surface area contributed by atoms with E-state index < -0.39 is 0 Å². The predicted molar refractivity (Wildman–Crippen MR) is 107 cm³/mol. The number of rotatable bonds is 2. The van der Waals surface area contributed by atoms with Crippen molar-refractivity contribution >= 4 is 22.6 Å². The Bertz CT molecular complexity index is 1130. The summed E-state index contributed by atoms with van der Waals surface area (Å²) in [6.07, 6.45) is 0.871. The van der Waals surface area contributed by atoms with Crippen molar-refractivity contribution in [3.05, 3.63) is 76.4 Å². The van der Waals surface area contributed by atoms with Gasteiger partial charge in [0.2, 0.25) is 0 Å². The van der Waals surface area contributed by atoms with E-state index in [2.05, 4.69) is 19.1 Å². The van der Waals surface area contributed by atoms with E-state index in [0.29, 0.717) is 6.61 Å². The number of aryl methyl sites for hydroxylation is 1. The minimum atomic E-state index is 0.576. The molecule has 2 aromatic heterocycles. The average Bonchev–Trinajstić information content (AvgIpc) is 3.05. The van der Waals surface area contributed by atoms with Crippen molar-refractivity contribution in [2.75, 3.05) is 6.61 Å². The molecular formula is C22H18ClN3O. The molecule has 0 N–H and O–H groups in total. The zero-order chi connectivity index (χ0) is 18.4. The minimum Gasteiger partial charge on any atom is -0.376 e. The Morgan fingerprint density at radius 1 is 1.00 bits per heavy atom. The topological polar surface area (TPSA) is 39.9 Å². The number of halogens is 1. The number of pyridine rings is 1. The summed E-state index contributed by atoms with van der Waals surface area (Å²) in [5, 5.41) is 6.67. The normalized spacial score (nSPS) is 13.7. The second-order valence-electron chi connectivity index (χ2n) is 6.76. The van der Waals surface area contributed by atoms with Gasteiger partial charge in [0.1, 0.15) is 0 Å². The monoisotopic (exact) mass is 375 g/mol. The Balaban J connectivity index is 1.84. The SMILES string of the molecule is Cc1nn(-c2ccccc2)c2nc(-c3ccc(Cl)cc3)c3c(c12)CCOC3. The van der Waals surface area contributed by atoms with E-state index in [9.17, 15) is 0 Å². The number of benzene rings is 2. The molecule has 4 aromatic rings. The van der Waals surface area contributed by atoms with Gasteiger partial charge in [-0.3, -0.25) is 0 Å². The van der Waals surface area contributed by atoms with Crippen molar-refractivity contribution < 1.29 is 4.74 Å². The van der Waals surface area contributed by atoms with Gasteiger partial charge in [0.15, 0.2) is 5.65 Å². The number of aromatic nitrogens is 3. The highest BCUT2D eigenvalue weighted by molar-refractivity contribution is 6.30. The quantitative estimate of drug-likeness (QED) is 0.488. The van der Waals surface area contributed by atoms with E-state index in [0.717, 1.165) is 57.3 Å². The second kappa shape index (κ2) is 6.48. The Hall–Kier alpha value is -2.69. The van der Waals surface area contributed by atoms with Gasteiger partial charge in [-0.05, 0) is 43.2 Å². The van der Waals surface area contributed by atoms with Gasteiger partial charge in [-0.25, -0.2) is 9.67 Å². The first kappa shape index (κ1) is 16.5. The molecule has 0 saturated carbocycles. The highest BCUT2D eigenvalue weighted by atomic mass is 35.5. The first-order chi connectivity index (χ1) is 13.2. The lowest BCUT2D eigenvalue weighted by Gasteiger charge is -2.21. The Morgan fingerprint density at radius 2 is 1.78 bits per heavy atom. The predicted octanol–water partition coefficient (Wildman–Crippen LogP) is 5.12. The van der Waals surface area contributed by atoms with Crippen molar-refractivity contribution in [1.29, 1.82) is 0 Å². The van der Waals surface area contributed by atoms with E-state index in [-0.39, 0.29) is 0 Å². The maximum Gasteiger partial charge on any atom is 0.164 e. The van der Waals surface area contributed by atoms with E-state index in [1.165, 1.54) is 5.56 Å². The summed E-state index contributed by atoms with van der Waals surface area (Å²) >= 11 is 6.09. The standard InChI is InChI=1S/C22H18ClN3O/c1-14-20-18-11-12-27-13-19(18)21(15-7-9-16(23)10-8-15)24-22(20)26(25-14)17-5-3-2-4-6-17/h2-10H,11-13H2,1H3. The molecule has 5 rings (SSSR count). The molecular weight excluding hydrogens is 358 g/mol. The molecule has 3 heterocycles. The van der Waals surface area contributed by atoms with Crippen LogP contribution in [-0.2, 0) is 17.8 Å². The highest BCUT2D eigenvalue weighted by Gasteiger charge is 2.24. The first-order valence-electron chi connectivity index (χ1n) is 9.02. The molecule has 134 valence electrons. The van der Waals surface area contributed by atoms with Crippen LogP contribution in [-0.4, -0.2) is 21.4 Å². The fourth-order valence-corrected chi connectivity index (χ4v) is 3.94. The second-order valence-corrected chi connectivity index (χ2v) is 7.19. The van der Waals surface area contributed by atoms with Gasteiger partial charge in [0, 0.05) is 21.5 Å². The van der Waals surface area contributed by atoms with Crippen LogP contribution in [0.3, 0.4) is 0 Å². The number of hydrogen-bond donors (Lipinski definition) is 0. The molecule has 2 aromatic carbocycles. The number of nitrogens with zero attached hydrogens (tertiary/aromatic N) is 3. The molecule has 0 atom stereocenters. The van der Waals surface area contributed by atoms with Gasteiger partial charge in [0.05, 0.1) is 30.3 Å². The van der Waals surface area contributed by atoms with Crippen LogP contribution < -0.4 is 0 Å². The third kappa shape index (κ3) is 2.73. The Morgan fingerprint density at radius 3 is 2.56 bits per heavy atom. The van der Waals surface area contributed by atoms with Crippen molar-refractivity contribution in [1.82, 2.24) is 14.8 Å². The van der Waals surface area contributed by atoms with Crippen LogP contribution in [0.25, 0.3) is 28.0 Å². The number of ether oxygens (including phenoxy) is 1. The van der Waals surface area contributed by atoms with Gasteiger partial charge in [0.25, 0.3) is 0 Å². The van der Waals surface area contributed by atoms with Crippen LogP contribution in [0.15, 0.2) is 54.6 Å². The molecule has 0 radical (unpaired) electrons. The van der Waals surface area contributed by atoms with Gasteiger partial charge in [-0.1, -0.05) is 41.9 Å². The van der Waals surface area contributed by atoms with Crippen LogP contribution in [0.1, 0.15) is 16.8 Å². The third-order valence-electron chi connectivity index (χ3n) is 5.07. The molecule has 0 unspecified atom stereocenters. The fourth-order valence-electron chi connectivity index (χ4n) is 3.81. The molecule has 0 aliphatic carbocycles. The highest BCUT2D eigenvalue weighted by Crippen LogP contribution is 2.35. The van der Waals surface area contributed by atoms with Crippen LogP contribution in [0, 0.1) is 6.92 Å². The fraction of sp³-hybridized carbons (Fsp3) is 0.182. The molecule has 5 heteroatoms. The molecule has 0 spiro atoms. The van der Waals surface area contributed by atoms with Crippen molar-refractivity contribution in [3.8, 4) is 16.9 Å². The minimum absolute atomic E-state index is 0.576. The lowest BCUT2D eigenvalue weighted by atomic mass is 9.95. The molecule has 27 heavy (non-hydrogen) atoms. The van der Waals surface area contributed by atoms with Gasteiger partial charge < -0.3 is 4.74 Å². The molecule has 1 aliphatic heterocycles. The van der Waals surface area contributed by atoms with Gasteiger partial charge in [-0.2, -0.15) is 5.10 Å². The Kier molecular flexibility index (Phi) is 3.96. The Labute approximate surface area is 162 Å². The molecule has 0 saturated heterocycles. The summed E-state index contributed by atoms with van der Waals surface area (Å²) in [4.78, 5) is 5.06. The van der Waals surface area contributed by atoms with E-state index in [1.54, 1.807) is 0 Å². The zero-order valence-electron chi connectivity index (χ0n) is 14.9. The summed E-state index contributed by atoms with van der Waals surface area (Å²) in [6, 6.07) is 18.0. The van der Waals surface area contributed by atoms with Crippen molar-refractivity contribution in [2.24, 2.45) is 0 Å². The van der Waals surface area contributed by atoms with E-state index in [4.69, 9.17) is 26.4 Å². The van der Waals surface area contributed by atoms with Gasteiger partial charge in [-0.15, -0.1) is 0 Å². The van der Waals surface area contributed by atoms with Crippen LogP contribution in [0.5, 0.6) is 0 Å². The van der Waals surface area contributed by atoms with E-state index >= 15 is 0 Å². The van der Waals surface area contributed by atoms with Crippen LogP contribution >= 0.6 is 11.6 Å². The zero-order valence-corrected chi connectivity index (χ0v) is 15.7. The lowest BCUT2D eigenvalue weighted by Crippen LogP contribution is -2.13. The summed E-state index contributed by atoms with van der Waals surface area (Å²) in [5.74, 6) is 0. The lowest BCUT2D eigenvalue weighted by molar-refractivity contribution is 0.111.